The number of carbonyl (C=O) groups is 1. The van der Waals surface area contributed by atoms with Gasteiger partial charge in [-0.15, -0.1) is 10.2 Å². The molecule has 160 valence electrons. The van der Waals surface area contributed by atoms with Crippen LogP contribution in [0.3, 0.4) is 0 Å². The smallest absolute Gasteiger partial charge is 0.238 e. The zero-order chi connectivity index (χ0) is 21.9. The van der Waals surface area contributed by atoms with Crippen LogP contribution in [0.1, 0.15) is 11.6 Å². The Morgan fingerprint density at radius 2 is 1.78 bits per heavy atom. The van der Waals surface area contributed by atoms with E-state index in [1.54, 1.807) is 12.4 Å². The van der Waals surface area contributed by atoms with E-state index in [0.29, 0.717) is 11.8 Å². The number of ether oxygens (including phenoxy) is 1. The molecule has 0 N–H and O–H groups in total. The second-order valence-corrected chi connectivity index (χ2v) is 8.30. The molecule has 1 aliphatic heterocycles. The molecule has 0 aliphatic carbocycles. The summed E-state index contributed by atoms with van der Waals surface area (Å²) >= 11 is 1.38. The number of hydrogen-bond acceptors (Lipinski definition) is 6. The standard InChI is InChI=1S/C24H21N5O2S/c1-28-23(18-11-13-25-14-12-18)26-27-24(28)32-16-22(30)29-19-9-5-6-10-21(19)31-15-20(29)17-7-3-2-4-8-17/h2-14,20H,15-16H2,1H3/t20-/m0/s1. The van der Waals surface area contributed by atoms with E-state index in [1.165, 1.54) is 11.8 Å². The molecule has 7 nitrogen and oxygen atoms in total. The minimum Gasteiger partial charge on any atom is -0.489 e. The second kappa shape index (κ2) is 8.84. The molecule has 1 aliphatic rings. The number of thioether (sulfide) groups is 1. The fourth-order valence-electron chi connectivity index (χ4n) is 3.81. The molecular formula is C24H21N5O2S. The highest BCUT2D eigenvalue weighted by Crippen LogP contribution is 2.39. The Labute approximate surface area is 190 Å². The summed E-state index contributed by atoms with van der Waals surface area (Å²) in [6.45, 7) is 0.410. The van der Waals surface area contributed by atoms with Gasteiger partial charge in [0.2, 0.25) is 5.91 Å². The molecule has 1 atom stereocenters. The third-order valence-corrected chi connectivity index (χ3v) is 6.39. The lowest BCUT2D eigenvalue weighted by molar-refractivity contribution is -0.117. The molecule has 0 bridgehead atoms. The van der Waals surface area contributed by atoms with E-state index in [4.69, 9.17) is 4.74 Å². The molecule has 0 spiro atoms. The number of carbonyl (C=O) groups excluding carboxylic acids is 1. The van der Waals surface area contributed by atoms with Gasteiger partial charge in [0.25, 0.3) is 0 Å². The molecule has 0 radical (unpaired) electrons. The number of fused-ring (bicyclic) bond motifs is 1. The Balaban J connectivity index is 1.39. The highest BCUT2D eigenvalue weighted by atomic mass is 32.2. The quantitative estimate of drug-likeness (QED) is 0.432. The van der Waals surface area contributed by atoms with Gasteiger partial charge >= 0.3 is 0 Å². The Kier molecular flexibility index (Phi) is 5.60. The summed E-state index contributed by atoms with van der Waals surface area (Å²) in [5.41, 5.74) is 2.76. The van der Waals surface area contributed by atoms with E-state index in [0.717, 1.165) is 28.4 Å². The van der Waals surface area contributed by atoms with Gasteiger partial charge < -0.3 is 9.30 Å². The number of nitrogens with zero attached hydrogens (tertiary/aromatic N) is 5. The van der Waals surface area contributed by atoms with Gasteiger partial charge in [0.15, 0.2) is 11.0 Å². The van der Waals surface area contributed by atoms with Gasteiger partial charge in [-0.3, -0.25) is 14.7 Å². The first-order chi connectivity index (χ1) is 15.7. The van der Waals surface area contributed by atoms with E-state index in [2.05, 4.69) is 15.2 Å². The number of hydrogen-bond donors (Lipinski definition) is 0. The molecule has 5 rings (SSSR count). The van der Waals surface area contributed by atoms with Crippen molar-refractivity contribution in [2.24, 2.45) is 7.05 Å². The molecule has 0 fully saturated rings. The van der Waals surface area contributed by atoms with Crippen molar-refractivity contribution in [2.45, 2.75) is 11.2 Å². The monoisotopic (exact) mass is 443 g/mol. The Morgan fingerprint density at radius 3 is 2.59 bits per heavy atom. The lowest BCUT2D eigenvalue weighted by Crippen LogP contribution is -2.42. The van der Waals surface area contributed by atoms with Crippen LogP contribution in [-0.2, 0) is 11.8 Å². The van der Waals surface area contributed by atoms with E-state index < -0.39 is 0 Å². The summed E-state index contributed by atoms with van der Waals surface area (Å²) in [5.74, 6) is 1.69. The maximum atomic E-state index is 13.5. The van der Waals surface area contributed by atoms with Gasteiger partial charge in [-0.05, 0) is 29.8 Å². The van der Waals surface area contributed by atoms with Crippen molar-refractivity contribution in [3.05, 3.63) is 84.7 Å². The minimum absolute atomic E-state index is 0.00642. The van der Waals surface area contributed by atoms with Crippen molar-refractivity contribution < 1.29 is 9.53 Å². The maximum absolute atomic E-state index is 13.5. The minimum atomic E-state index is -0.189. The Morgan fingerprint density at radius 1 is 1.03 bits per heavy atom. The summed E-state index contributed by atoms with van der Waals surface area (Å²) in [4.78, 5) is 19.4. The van der Waals surface area contributed by atoms with Crippen LogP contribution in [0.5, 0.6) is 5.75 Å². The normalized spacial score (nSPS) is 15.2. The van der Waals surface area contributed by atoms with Crippen LogP contribution in [0.15, 0.2) is 84.3 Å². The molecule has 8 heteroatoms. The Bertz CT molecular complexity index is 1230. The van der Waals surface area contributed by atoms with Gasteiger partial charge in [-0.25, -0.2) is 0 Å². The van der Waals surface area contributed by atoms with Gasteiger partial charge in [0, 0.05) is 25.0 Å². The third kappa shape index (κ3) is 3.85. The summed E-state index contributed by atoms with van der Waals surface area (Å²) in [6, 6.07) is 21.2. The number of benzene rings is 2. The van der Waals surface area contributed by atoms with Crippen LogP contribution in [0.4, 0.5) is 5.69 Å². The third-order valence-electron chi connectivity index (χ3n) is 5.38. The van der Waals surface area contributed by atoms with Crippen LogP contribution < -0.4 is 9.64 Å². The van der Waals surface area contributed by atoms with Crippen LogP contribution >= 0.6 is 11.8 Å². The fourth-order valence-corrected chi connectivity index (χ4v) is 4.58. The van der Waals surface area contributed by atoms with Gasteiger partial charge in [-0.1, -0.05) is 54.2 Å². The zero-order valence-electron chi connectivity index (χ0n) is 17.5. The van der Waals surface area contributed by atoms with E-state index >= 15 is 0 Å². The zero-order valence-corrected chi connectivity index (χ0v) is 18.3. The predicted molar refractivity (Wildman–Crippen MR) is 124 cm³/mol. The molecular weight excluding hydrogens is 422 g/mol. The molecule has 0 unspecified atom stereocenters. The number of amides is 1. The molecule has 32 heavy (non-hydrogen) atoms. The van der Waals surface area contributed by atoms with Crippen molar-refractivity contribution in [3.8, 4) is 17.1 Å². The van der Waals surface area contributed by atoms with Crippen LogP contribution in [0, 0.1) is 0 Å². The summed E-state index contributed by atoms with van der Waals surface area (Å²) in [5, 5.41) is 9.27. The maximum Gasteiger partial charge on any atom is 0.238 e. The molecule has 4 aromatic rings. The first-order valence-corrected chi connectivity index (χ1v) is 11.2. The van der Waals surface area contributed by atoms with Gasteiger partial charge in [-0.2, -0.15) is 0 Å². The highest BCUT2D eigenvalue weighted by molar-refractivity contribution is 7.99. The first kappa shape index (κ1) is 20.3. The molecule has 1 amide bonds. The number of aromatic nitrogens is 4. The van der Waals surface area contributed by atoms with Crippen molar-refractivity contribution in [2.75, 3.05) is 17.3 Å². The predicted octanol–water partition coefficient (Wildman–Crippen LogP) is 4.14. The largest absolute Gasteiger partial charge is 0.489 e. The van der Waals surface area contributed by atoms with Gasteiger partial charge in [0.1, 0.15) is 12.4 Å². The van der Waals surface area contributed by atoms with Crippen molar-refractivity contribution >= 4 is 23.4 Å². The summed E-state index contributed by atoms with van der Waals surface area (Å²) in [6.07, 6.45) is 3.44. The second-order valence-electron chi connectivity index (χ2n) is 7.36. The fraction of sp³-hybridized carbons (Fsp3) is 0.167. The number of pyridine rings is 1. The van der Waals surface area contributed by atoms with Gasteiger partial charge in [0.05, 0.1) is 17.5 Å². The van der Waals surface area contributed by atoms with E-state index in [9.17, 15) is 4.79 Å². The van der Waals surface area contributed by atoms with Crippen molar-refractivity contribution in [1.29, 1.82) is 0 Å². The average Bonchev–Trinajstić information content (AvgIpc) is 3.23. The van der Waals surface area contributed by atoms with Crippen LogP contribution in [0.25, 0.3) is 11.4 Å². The lowest BCUT2D eigenvalue weighted by Gasteiger charge is -2.37. The van der Waals surface area contributed by atoms with Crippen molar-refractivity contribution in [1.82, 2.24) is 19.7 Å². The van der Waals surface area contributed by atoms with Crippen molar-refractivity contribution in [3.63, 3.8) is 0 Å². The molecule has 2 aromatic carbocycles. The average molecular weight is 444 g/mol. The van der Waals surface area contributed by atoms with Crippen LogP contribution in [-0.4, -0.2) is 38.0 Å². The lowest BCUT2D eigenvalue weighted by atomic mass is 10.0. The number of rotatable bonds is 5. The number of anilines is 1. The summed E-state index contributed by atoms with van der Waals surface area (Å²) < 4.78 is 7.87. The van der Waals surface area contributed by atoms with E-state index in [1.807, 2.05) is 83.2 Å². The molecule has 2 aromatic heterocycles. The summed E-state index contributed by atoms with van der Waals surface area (Å²) in [7, 11) is 1.90. The first-order valence-electron chi connectivity index (χ1n) is 10.2. The SMILES string of the molecule is Cn1c(SCC(=O)N2c3ccccc3OC[C@H]2c2ccccc2)nnc1-c1ccncc1. The molecule has 3 heterocycles. The molecule has 0 saturated heterocycles. The Hall–Kier alpha value is -3.65. The molecule has 0 saturated carbocycles. The number of para-hydroxylation sites is 2. The highest BCUT2D eigenvalue weighted by Gasteiger charge is 2.33. The van der Waals surface area contributed by atoms with Crippen LogP contribution in [0.2, 0.25) is 0 Å². The van der Waals surface area contributed by atoms with E-state index in [-0.39, 0.29) is 17.7 Å². The topological polar surface area (TPSA) is 73.1 Å².